The van der Waals surface area contributed by atoms with Crippen molar-refractivity contribution in [2.45, 2.75) is 13.8 Å². The maximum Gasteiger partial charge on any atom is 0.286 e. The fourth-order valence-electron chi connectivity index (χ4n) is 3.79. The Kier molecular flexibility index (Phi) is 7.88. The number of amides is 1. The van der Waals surface area contributed by atoms with E-state index in [4.69, 9.17) is 9.47 Å². The Morgan fingerprint density at radius 1 is 1.16 bits per heavy atom. The standard InChI is InChI=1S/C23H30N4O5/c1-4-32-22-15-19(20(27(29)30)16-21(22)31-3)23(28)24-8-9-25-10-12-26(13-11-25)18-7-5-6-17(2)14-18/h5-7,14-16H,4,8-13H2,1-3H3,(H,24,28). The lowest BCUT2D eigenvalue weighted by atomic mass is 10.1. The minimum atomic E-state index is -0.586. The van der Waals surface area contributed by atoms with Crippen LogP contribution in [-0.2, 0) is 0 Å². The molecule has 1 amide bonds. The number of carbonyl (C=O) groups is 1. The van der Waals surface area contributed by atoms with Crippen molar-refractivity contribution in [1.29, 1.82) is 0 Å². The van der Waals surface area contributed by atoms with Gasteiger partial charge in [-0.2, -0.15) is 0 Å². The molecule has 9 heteroatoms. The van der Waals surface area contributed by atoms with Gasteiger partial charge >= 0.3 is 0 Å². The average molecular weight is 443 g/mol. The first-order valence-corrected chi connectivity index (χ1v) is 10.7. The van der Waals surface area contributed by atoms with Crippen LogP contribution in [0.1, 0.15) is 22.8 Å². The molecule has 0 bridgehead atoms. The molecule has 0 saturated carbocycles. The van der Waals surface area contributed by atoms with E-state index in [0.717, 1.165) is 26.2 Å². The fraction of sp³-hybridized carbons (Fsp3) is 0.435. The highest BCUT2D eigenvalue weighted by Gasteiger charge is 2.25. The number of hydrogen-bond acceptors (Lipinski definition) is 7. The van der Waals surface area contributed by atoms with Gasteiger partial charge in [-0.05, 0) is 31.5 Å². The van der Waals surface area contributed by atoms with Crippen molar-refractivity contribution in [2.24, 2.45) is 0 Å². The Hall–Kier alpha value is -3.33. The van der Waals surface area contributed by atoms with Crippen molar-refractivity contribution < 1.29 is 19.2 Å². The fourth-order valence-corrected chi connectivity index (χ4v) is 3.79. The van der Waals surface area contributed by atoms with E-state index in [-0.39, 0.29) is 17.0 Å². The van der Waals surface area contributed by atoms with Crippen molar-refractivity contribution in [3.8, 4) is 11.5 Å². The third kappa shape index (κ3) is 5.67. The van der Waals surface area contributed by atoms with Gasteiger partial charge in [-0.25, -0.2) is 0 Å². The van der Waals surface area contributed by atoms with Gasteiger partial charge in [-0.1, -0.05) is 12.1 Å². The number of methoxy groups -OCH3 is 1. The molecule has 1 heterocycles. The normalized spacial score (nSPS) is 14.2. The highest BCUT2D eigenvalue weighted by atomic mass is 16.6. The van der Waals surface area contributed by atoms with Gasteiger partial charge in [0.2, 0.25) is 0 Å². The van der Waals surface area contributed by atoms with Gasteiger partial charge in [0, 0.05) is 51.0 Å². The number of aryl methyl sites for hydroxylation is 1. The van der Waals surface area contributed by atoms with Crippen LogP contribution in [0, 0.1) is 17.0 Å². The summed E-state index contributed by atoms with van der Waals surface area (Å²) in [5, 5.41) is 14.3. The molecule has 0 unspecified atom stereocenters. The van der Waals surface area contributed by atoms with Crippen LogP contribution in [0.3, 0.4) is 0 Å². The summed E-state index contributed by atoms with van der Waals surface area (Å²) in [4.78, 5) is 28.2. The number of nitro groups is 1. The highest BCUT2D eigenvalue weighted by Crippen LogP contribution is 2.34. The van der Waals surface area contributed by atoms with Crippen molar-refractivity contribution in [2.75, 3.05) is 57.9 Å². The summed E-state index contributed by atoms with van der Waals surface area (Å²) in [5.74, 6) is 0.0262. The lowest BCUT2D eigenvalue weighted by molar-refractivity contribution is -0.385. The molecule has 1 N–H and O–H groups in total. The zero-order chi connectivity index (χ0) is 23.1. The molecule has 32 heavy (non-hydrogen) atoms. The van der Waals surface area contributed by atoms with Crippen LogP contribution in [0.4, 0.5) is 11.4 Å². The summed E-state index contributed by atoms with van der Waals surface area (Å²) >= 11 is 0. The molecule has 1 saturated heterocycles. The number of carbonyl (C=O) groups excluding carboxylic acids is 1. The van der Waals surface area contributed by atoms with Crippen molar-refractivity contribution in [3.05, 3.63) is 57.6 Å². The summed E-state index contributed by atoms with van der Waals surface area (Å²) in [7, 11) is 1.40. The Balaban J connectivity index is 1.56. The quantitative estimate of drug-likeness (QED) is 0.471. The maximum atomic E-state index is 12.7. The van der Waals surface area contributed by atoms with Crippen LogP contribution in [0.5, 0.6) is 11.5 Å². The average Bonchev–Trinajstić information content (AvgIpc) is 2.79. The van der Waals surface area contributed by atoms with E-state index in [2.05, 4.69) is 46.3 Å². The molecule has 2 aromatic rings. The first-order valence-electron chi connectivity index (χ1n) is 10.7. The number of rotatable bonds is 9. The molecule has 9 nitrogen and oxygen atoms in total. The number of nitrogens with zero attached hydrogens (tertiary/aromatic N) is 3. The van der Waals surface area contributed by atoms with Gasteiger partial charge in [-0.3, -0.25) is 19.8 Å². The molecular weight excluding hydrogens is 412 g/mol. The number of hydrogen-bond donors (Lipinski definition) is 1. The topological polar surface area (TPSA) is 97.2 Å². The third-order valence-electron chi connectivity index (χ3n) is 5.48. The van der Waals surface area contributed by atoms with Crippen LogP contribution in [-0.4, -0.2) is 68.7 Å². The van der Waals surface area contributed by atoms with Crippen LogP contribution >= 0.6 is 0 Å². The van der Waals surface area contributed by atoms with E-state index >= 15 is 0 Å². The van der Waals surface area contributed by atoms with Crippen molar-refractivity contribution in [1.82, 2.24) is 10.2 Å². The Morgan fingerprint density at radius 2 is 1.91 bits per heavy atom. The van der Waals surface area contributed by atoms with Crippen LogP contribution in [0.15, 0.2) is 36.4 Å². The van der Waals surface area contributed by atoms with Crippen molar-refractivity contribution >= 4 is 17.3 Å². The number of benzene rings is 2. The first-order chi connectivity index (χ1) is 15.4. The SMILES string of the molecule is CCOc1cc(C(=O)NCCN2CCN(c3cccc(C)c3)CC2)c([N+](=O)[O-])cc1OC. The molecular formula is C23H30N4O5. The lowest BCUT2D eigenvalue weighted by Crippen LogP contribution is -2.48. The molecule has 1 aliphatic heterocycles. The summed E-state index contributed by atoms with van der Waals surface area (Å²) in [5.41, 5.74) is 2.13. The molecule has 0 aromatic heterocycles. The van der Waals surface area contributed by atoms with Crippen molar-refractivity contribution in [3.63, 3.8) is 0 Å². The Labute approximate surface area is 188 Å². The summed E-state index contributed by atoms with van der Waals surface area (Å²) in [6, 6.07) is 11.1. The molecule has 3 rings (SSSR count). The van der Waals surface area contributed by atoms with Gasteiger partial charge in [0.05, 0.1) is 24.7 Å². The van der Waals surface area contributed by atoms with E-state index in [9.17, 15) is 14.9 Å². The monoisotopic (exact) mass is 442 g/mol. The van der Waals surface area contributed by atoms with Crippen LogP contribution in [0.25, 0.3) is 0 Å². The molecule has 0 radical (unpaired) electrons. The molecule has 1 aliphatic rings. The second kappa shape index (κ2) is 10.8. The molecule has 172 valence electrons. The minimum Gasteiger partial charge on any atom is -0.493 e. The van der Waals surface area contributed by atoms with Gasteiger partial charge < -0.3 is 19.7 Å². The summed E-state index contributed by atoms with van der Waals surface area (Å²) in [6.45, 7) is 8.92. The lowest BCUT2D eigenvalue weighted by Gasteiger charge is -2.36. The van der Waals surface area contributed by atoms with E-state index < -0.39 is 10.8 Å². The predicted octanol–water partition coefficient (Wildman–Crippen LogP) is 2.86. The summed E-state index contributed by atoms with van der Waals surface area (Å²) in [6.07, 6.45) is 0. The molecule has 0 spiro atoms. The van der Waals surface area contributed by atoms with Crippen LogP contribution < -0.4 is 19.7 Å². The molecule has 0 aliphatic carbocycles. The summed E-state index contributed by atoms with van der Waals surface area (Å²) < 4.78 is 10.6. The molecule has 1 fully saturated rings. The minimum absolute atomic E-state index is 0.0384. The predicted molar refractivity (Wildman–Crippen MR) is 123 cm³/mol. The number of anilines is 1. The molecule has 2 aromatic carbocycles. The van der Waals surface area contributed by atoms with E-state index in [1.807, 2.05) is 0 Å². The zero-order valence-corrected chi connectivity index (χ0v) is 18.8. The van der Waals surface area contributed by atoms with Gasteiger partial charge in [0.1, 0.15) is 5.56 Å². The van der Waals surface area contributed by atoms with E-state index in [1.54, 1.807) is 6.92 Å². The number of piperazine rings is 1. The zero-order valence-electron chi connectivity index (χ0n) is 18.8. The highest BCUT2D eigenvalue weighted by molar-refractivity contribution is 5.99. The number of ether oxygens (including phenoxy) is 2. The maximum absolute atomic E-state index is 12.7. The second-order valence-electron chi connectivity index (χ2n) is 7.63. The largest absolute Gasteiger partial charge is 0.493 e. The number of nitro benzene ring substituents is 1. The number of nitrogens with one attached hydrogen (secondary N) is 1. The van der Waals surface area contributed by atoms with E-state index in [1.165, 1.54) is 30.5 Å². The van der Waals surface area contributed by atoms with E-state index in [0.29, 0.717) is 25.4 Å². The van der Waals surface area contributed by atoms with Gasteiger partial charge in [-0.15, -0.1) is 0 Å². The third-order valence-corrected chi connectivity index (χ3v) is 5.48. The van der Waals surface area contributed by atoms with Gasteiger partial charge in [0.25, 0.3) is 11.6 Å². The Morgan fingerprint density at radius 3 is 2.53 bits per heavy atom. The molecule has 0 atom stereocenters. The first kappa shape index (κ1) is 23.3. The van der Waals surface area contributed by atoms with Gasteiger partial charge in [0.15, 0.2) is 11.5 Å². The second-order valence-corrected chi connectivity index (χ2v) is 7.63. The Bertz CT molecular complexity index is 957. The smallest absolute Gasteiger partial charge is 0.286 e. The van der Waals surface area contributed by atoms with Crippen LogP contribution in [0.2, 0.25) is 0 Å².